The molecule has 3 rings (SSSR count). The summed E-state index contributed by atoms with van der Waals surface area (Å²) in [4.78, 5) is 30.9. The standard InChI is InChI=1S/C24H32N4O3/c1-26(17-21-8-10-22(31-2)11-9-21)24(30)19-28-14-12-27(13-15-28)18-23(29)25-16-20-6-4-3-5-7-20/h3-11H,12-19H2,1-2H3,(H,25,29). The van der Waals surface area contributed by atoms with Gasteiger partial charge in [-0.15, -0.1) is 0 Å². The van der Waals surface area contributed by atoms with E-state index in [-0.39, 0.29) is 11.8 Å². The number of rotatable bonds is 9. The van der Waals surface area contributed by atoms with Gasteiger partial charge in [0.25, 0.3) is 0 Å². The molecule has 1 aliphatic rings. The number of likely N-dealkylation sites (N-methyl/N-ethyl adjacent to an activating group) is 1. The van der Waals surface area contributed by atoms with E-state index in [1.165, 1.54) is 0 Å². The van der Waals surface area contributed by atoms with E-state index in [9.17, 15) is 9.59 Å². The Bertz CT molecular complexity index is 834. The second-order valence-electron chi connectivity index (χ2n) is 7.91. The Morgan fingerprint density at radius 3 is 2.13 bits per heavy atom. The largest absolute Gasteiger partial charge is 0.497 e. The van der Waals surface area contributed by atoms with Gasteiger partial charge in [0.2, 0.25) is 11.8 Å². The first kappa shape index (κ1) is 22.8. The molecule has 0 aromatic heterocycles. The molecule has 2 amide bonds. The molecule has 1 aliphatic heterocycles. The van der Waals surface area contributed by atoms with Crippen molar-refractivity contribution in [2.24, 2.45) is 0 Å². The molecule has 1 heterocycles. The molecule has 7 heteroatoms. The molecule has 0 radical (unpaired) electrons. The normalized spacial score (nSPS) is 14.8. The van der Waals surface area contributed by atoms with Crippen molar-refractivity contribution in [2.45, 2.75) is 13.1 Å². The van der Waals surface area contributed by atoms with Crippen LogP contribution in [0.5, 0.6) is 5.75 Å². The summed E-state index contributed by atoms with van der Waals surface area (Å²) in [5.74, 6) is 0.946. The highest BCUT2D eigenvalue weighted by Gasteiger charge is 2.21. The van der Waals surface area contributed by atoms with Crippen LogP contribution in [0.15, 0.2) is 54.6 Å². The fraction of sp³-hybridized carbons (Fsp3) is 0.417. The molecule has 2 aromatic rings. The lowest BCUT2D eigenvalue weighted by molar-refractivity contribution is -0.132. The minimum atomic E-state index is 0.0348. The van der Waals surface area contributed by atoms with E-state index in [0.717, 1.165) is 43.1 Å². The summed E-state index contributed by atoms with van der Waals surface area (Å²) in [7, 11) is 3.47. The maximum Gasteiger partial charge on any atom is 0.236 e. The van der Waals surface area contributed by atoms with Crippen molar-refractivity contribution in [1.29, 1.82) is 0 Å². The summed E-state index contributed by atoms with van der Waals surface area (Å²) in [6.07, 6.45) is 0. The minimum Gasteiger partial charge on any atom is -0.497 e. The number of hydrogen-bond donors (Lipinski definition) is 1. The third kappa shape index (κ3) is 7.38. The van der Waals surface area contributed by atoms with E-state index in [1.54, 1.807) is 12.0 Å². The van der Waals surface area contributed by atoms with Gasteiger partial charge in [-0.2, -0.15) is 0 Å². The Labute approximate surface area is 184 Å². The van der Waals surface area contributed by atoms with Crippen LogP contribution in [-0.4, -0.2) is 79.9 Å². The van der Waals surface area contributed by atoms with Crippen molar-refractivity contribution in [2.75, 3.05) is 53.4 Å². The summed E-state index contributed by atoms with van der Waals surface area (Å²) in [5.41, 5.74) is 2.17. The maximum absolute atomic E-state index is 12.6. The molecular formula is C24H32N4O3. The van der Waals surface area contributed by atoms with Gasteiger partial charge in [0.05, 0.1) is 20.2 Å². The first-order valence-corrected chi connectivity index (χ1v) is 10.7. The lowest BCUT2D eigenvalue weighted by Gasteiger charge is -2.34. The topological polar surface area (TPSA) is 65.1 Å². The number of carbonyl (C=O) groups is 2. The Kier molecular flexibility index (Phi) is 8.44. The Morgan fingerprint density at radius 1 is 0.903 bits per heavy atom. The minimum absolute atomic E-state index is 0.0348. The predicted octanol–water partition coefficient (Wildman–Crippen LogP) is 1.59. The molecular weight excluding hydrogens is 392 g/mol. The molecule has 0 spiro atoms. The lowest BCUT2D eigenvalue weighted by atomic mass is 10.2. The van der Waals surface area contributed by atoms with Crippen LogP contribution in [0, 0.1) is 0 Å². The number of amides is 2. The number of nitrogens with zero attached hydrogens (tertiary/aromatic N) is 3. The second-order valence-corrected chi connectivity index (χ2v) is 7.91. The highest BCUT2D eigenvalue weighted by molar-refractivity contribution is 5.78. The predicted molar refractivity (Wildman–Crippen MR) is 121 cm³/mol. The molecule has 166 valence electrons. The number of ether oxygens (including phenoxy) is 1. The van der Waals surface area contributed by atoms with Crippen molar-refractivity contribution in [3.8, 4) is 5.75 Å². The van der Waals surface area contributed by atoms with Crippen molar-refractivity contribution in [3.05, 3.63) is 65.7 Å². The second kappa shape index (κ2) is 11.5. The van der Waals surface area contributed by atoms with Crippen LogP contribution < -0.4 is 10.1 Å². The molecule has 0 bridgehead atoms. The van der Waals surface area contributed by atoms with E-state index in [2.05, 4.69) is 15.1 Å². The third-order valence-electron chi connectivity index (χ3n) is 5.53. The number of benzene rings is 2. The van der Waals surface area contributed by atoms with Crippen LogP contribution >= 0.6 is 0 Å². The maximum atomic E-state index is 12.6. The molecule has 0 saturated carbocycles. The van der Waals surface area contributed by atoms with E-state index >= 15 is 0 Å². The van der Waals surface area contributed by atoms with Crippen LogP contribution in [0.25, 0.3) is 0 Å². The van der Waals surface area contributed by atoms with Gasteiger partial charge in [0.15, 0.2) is 0 Å². The van der Waals surface area contributed by atoms with Crippen LogP contribution in [0.1, 0.15) is 11.1 Å². The zero-order valence-corrected chi connectivity index (χ0v) is 18.4. The zero-order valence-electron chi connectivity index (χ0n) is 18.4. The van der Waals surface area contributed by atoms with Crippen molar-refractivity contribution in [1.82, 2.24) is 20.0 Å². The molecule has 0 unspecified atom stereocenters. The average molecular weight is 425 g/mol. The summed E-state index contributed by atoms with van der Waals surface area (Å²) in [6, 6.07) is 17.7. The third-order valence-corrected chi connectivity index (χ3v) is 5.53. The van der Waals surface area contributed by atoms with Gasteiger partial charge in [-0.3, -0.25) is 19.4 Å². The van der Waals surface area contributed by atoms with Crippen molar-refractivity contribution >= 4 is 11.8 Å². The number of methoxy groups -OCH3 is 1. The van der Waals surface area contributed by atoms with Gasteiger partial charge in [0.1, 0.15) is 5.75 Å². The molecule has 1 fully saturated rings. The molecule has 0 atom stereocenters. The zero-order chi connectivity index (χ0) is 22.1. The summed E-state index contributed by atoms with van der Waals surface area (Å²) < 4.78 is 5.17. The molecule has 31 heavy (non-hydrogen) atoms. The number of piperazine rings is 1. The molecule has 2 aromatic carbocycles. The van der Waals surface area contributed by atoms with E-state index < -0.39 is 0 Å². The fourth-order valence-corrected chi connectivity index (χ4v) is 3.57. The fourth-order valence-electron chi connectivity index (χ4n) is 3.57. The Hall–Kier alpha value is -2.90. The summed E-state index contributed by atoms with van der Waals surface area (Å²) >= 11 is 0. The highest BCUT2D eigenvalue weighted by atomic mass is 16.5. The van der Waals surface area contributed by atoms with Crippen LogP contribution in [0.2, 0.25) is 0 Å². The molecule has 1 saturated heterocycles. The Balaban J connectivity index is 1.35. The first-order chi connectivity index (χ1) is 15.0. The van der Waals surface area contributed by atoms with Gasteiger partial charge in [-0.25, -0.2) is 0 Å². The SMILES string of the molecule is COc1ccc(CN(C)C(=O)CN2CCN(CC(=O)NCc3ccccc3)CC2)cc1. The van der Waals surface area contributed by atoms with Crippen LogP contribution in [0.3, 0.4) is 0 Å². The van der Waals surface area contributed by atoms with Gasteiger partial charge >= 0.3 is 0 Å². The number of carbonyl (C=O) groups excluding carboxylic acids is 2. The first-order valence-electron chi connectivity index (χ1n) is 10.7. The van der Waals surface area contributed by atoms with E-state index in [0.29, 0.717) is 26.2 Å². The molecule has 0 aliphatic carbocycles. The monoisotopic (exact) mass is 424 g/mol. The highest BCUT2D eigenvalue weighted by Crippen LogP contribution is 2.13. The van der Waals surface area contributed by atoms with Gasteiger partial charge < -0.3 is 15.0 Å². The van der Waals surface area contributed by atoms with Crippen LogP contribution in [0.4, 0.5) is 0 Å². The summed E-state index contributed by atoms with van der Waals surface area (Å²) in [6.45, 7) is 5.07. The number of nitrogens with one attached hydrogen (secondary N) is 1. The van der Waals surface area contributed by atoms with Gasteiger partial charge in [0, 0.05) is 46.3 Å². The summed E-state index contributed by atoms with van der Waals surface area (Å²) in [5, 5.41) is 2.97. The smallest absolute Gasteiger partial charge is 0.236 e. The van der Waals surface area contributed by atoms with E-state index in [4.69, 9.17) is 4.74 Å². The van der Waals surface area contributed by atoms with Crippen molar-refractivity contribution in [3.63, 3.8) is 0 Å². The number of hydrogen-bond acceptors (Lipinski definition) is 5. The van der Waals surface area contributed by atoms with Gasteiger partial charge in [-0.1, -0.05) is 42.5 Å². The van der Waals surface area contributed by atoms with Crippen LogP contribution in [-0.2, 0) is 22.7 Å². The molecule has 1 N–H and O–H groups in total. The molecule has 7 nitrogen and oxygen atoms in total. The van der Waals surface area contributed by atoms with E-state index in [1.807, 2.05) is 61.6 Å². The van der Waals surface area contributed by atoms with Gasteiger partial charge in [-0.05, 0) is 23.3 Å². The van der Waals surface area contributed by atoms with Crippen molar-refractivity contribution < 1.29 is 14.3 Å². The quantitative estimate of drug-likeness (QED) is 0.662. The average Bonchev–Trinajstić information content (AvgIpc) is 2.80. The Morgan fingerprint density at radius 2 is 1.52 bits per heavy atom. The lowest BCUT2D eigenvalue weighted by Crippen LogP contribution is -2.51.